The summed E-state index contributed by atoms with van der Waals surface area (Å²) >= 11 is 0. The number of carbonyl (C=O) groups excluding carboxylic acids is 1. The molecule has 0 bridgehead atoms. The van der Waals surface area contributed by atoms with Crippen LogP contribution in [0.15, 0.2) is 42.7 Å². The number of nitrogens with zero attached hydrogens (tertiary/aromatic N) is 5. The Morgan fingerprint density at radius 2 is 2.03 bits per heavy atom. The van der Waals surface area contributed by atoms with E-state index in [1.807, 2.05) is 25.1 Å². The molecule has 7 nitrogen and oxygen atoms in total. The van der Waals surface area contributed by atoms with Gasteiger partial charge in [0.25, 0.3) is 6.43 Å². The summed E-state index contributed by atoms with van der Waals surface area (Å²) < 4.78 is 30.6. The zero-order chi connectivity index (χ0) is 21.4. The van der Waals surface area contributed by atoms with Crippen molar-refractivity contribution in [3.8, 4) is 11.3 Å². The number of carbonyl (C=O) groups is 1. The maximum absolute atomic E-state index is 13.8. The van der Waals surface area contributed by atoms with Crippen LogP contribution in [0.5, 0.6) is 0 Å². The number of aryl methyl sites for hydroxylation is 3. The van der Waals surface area contributed by atoms with E-state index in [2.05, 4.69) is 20.5 Å². The standard InChI is InChI=1S/C21H20F2N6O/c1-12-5-4-6-15(7-12)25-18(30)11-29-21-19(13(2)27-29)16(20(22)23)8-17(26-21)14-9-24-28(3)10-14/h4-10,20H,11H2,1-3H3,(H,25,30). The number of hydrogen-bond acceptors (Lipinski definition) is 4. The van der Waals surface area contributed by atoms with E-state index < -0.39 is 6.43 Å². The van der Waals surface area contributed by atoms with Gasteiger partial charge in [0.1, 0.15) is 6.54 Å². The molecule has 1 amide bonds. The van der Waals surface area contributed by atoms with Gasteiger partial charge in [0, 0.05) is 30.1 Å². The van der Waals surface area contributed by atoms with Crippen LogP contribution >= 0.6 is 0 Å². The van der Waals surface area contributed by atoms with Crippen LogP contribution in [-0.2, 0) is 18.4 Å². The van der Waals surface area contributed by atoms with E-state index in [-0.39, 0.29) is 29.0 Å². The van der Waals surface area contributed by atoms with Gasteiger partial charge in [-0.3, -0.25) is 9.48 Å². The summed E-state index contributed by atoms with van der Waals surface area (Å²) in [6.45, 7) is 3.41. The fourth-order valence-electron chi connectivity index (χ4n) is 3.43. The van der Waals surface area contributed by atoms with E-state index in [4.69, 9.17) is 0 Å². The topological polar surface area (TPSA) is 77.6 Å². The Balaban J connectivity index is 1.74. The molecule has 0 saturated carbocycles. The zero-order valence-corrected chi connectivity index (χ0v) is 16.7. The molecule has 3 aromatic heterocycles. The van der Waals surface area contributed by atoms with Crippen LogP contribution in [0.3, 0.4) is 0 Å². The third-order valence-corrected chi connectivity index (χ3v) is 4.74. The molecule has 0 atom stereocenters. The molecule has 1 N–H and O–H groups in total. The smallest absolute Gasteiger partial charge is 0.264 e. The summed E-state index contributed by atoms with van der Waals surface area (Å²) in [6.07, 6.45) is 0.548. The van der Waals surface area contributed by atoms with Gasteiger partial charge in [-0.2, -0.15) is 10.2 Å². The number of amides is 1. The van der Waals surface area contributed by atoms with Crippen molar-refractivity contribution < 1.29 is 13.6 Å². The molecule has 0 aliphatic rings. The monoisotopic (exact) mass is 410 g/mol. The first-order chi connectivity index (χ1) is 14.3. The highest BCUT2D eigenvalue weighted by molar-refractivity contribution is 5.92. The molecule has 1 aromatic carbocycles. The Bertz CT molecular complexity index is 1240. The second-order valence-electron chi connectivity index (χ2n) is 7.16. The highest BCUT2D eigenvalue weighted by Crippen LogP contribution is 2.32. The zero-order valence-electron chi connectivity index (χ0n) is 16.7. The second-order valence-corrected chi connectivity index (χ2v) is 7.16. The first kappa shape index (κ1) is 19.7. The van der Waals surface area contributed by atoms with Gasteiger partial charge in [-0.05, 0) is 37.6 Å². The molecular formula is C21H20F2N6O. The van der Waals surface area contributed by atoms with Crippen molar-refractivity contribution in [2.75, 3.05) is 5.32 Å². The highest BCUT2D eigenvalue weighted by Gasteiger charge is 2.22. The van der Waals surface area contributed by atoms with Crippen LogP contribution in [0.4, 0.5) is 14.5 Å². The lowest BCUT2D eigenvalue weighted by atomic mass is 10.1. The number of nitrogens with one attached hydrogen (secondary N) is 1. The number of rotatable bonds is 5. The third kappa shape index (κ3) is 3.78. The number of pyridine rings is 1. The van der Waals surface area contributed by atoms with E-state index in [0.717, 1.165) is 5.56 Å². The largest absolute Gasteiger partial charge is 0.324 e. The number of hydrogen-bond donors (Lipinski definition) is 1. The minimum atomic E-state index is -2.71. The minimum Gasteiger partial charge on any atom is -0.324 e. The van der Waals surface area contributed by atoms with Crippen LogP contribution in [-0.4, -0.2) is 30.5 Å². The summed E-state index contributed by atoms with van der Waals surface area (Å²) in [5, 5.41) is 11.5. The van der Waals surface area contributed by atoms with Gasteiger partial charge < -0.3 is 5.32 Å². The third-order valence-electron chi connectivity index (χ3n) is 4.74. The Kier molecular flexibility index (Phi) is 5.03. The van der Waals surface area contributed by atoms with E-state index in [0.29, 0.717) is 22.6 Å². The Morgan fingerprint density at radius 1 is 1.23 bits per heavy atom. The quantitative estimate of drug-likeness (QED) is 0.539. The van der Waals surface area contributed by atoms with Gasteiger partial charge >= 0.3 is 0 Å². The summed E-state index contributed by atoms with van der Waals surface area (Å²) in [5.41, 5.74) is 3.10. The number of fused-ring (bicyclic) bond motifs is 1. The lowest BCUT2D eigenvalue weighted by Crippen LogP contribution is -2.20. The first-order valence-electron chi connectivity index (χ1n) is 9.33. The summed E-state index contributed by atoms with van der Waals surface area (Å²) in [4.78, 5) is 17.1. The fourth-order valence-corrected chi connectivity index (χ4v) is 3.43. The fraction of sp³-hybridized carbons (Fsp3) is 0.238. The molecule has 3 heterocycles. The number of alkyl halides is 2. The number of aromatic nitrogens is 5. The number of benzene rings is 1. The lowest BCUT2D eigenvalue weighted by Gasteiger charge is -2.09. The SMILES string of the molecule is Cc1cccc(NC(=O)Cn2nc(C)c3c(C(F)F)cc(-c4cnn(C)c4)nc32)c1. The maximum atomic E-state index is 13.8. The molecule has 0 spiro atoms. The lowest BCUT2D eigenvalue weighted by molar-refractivity contribution is -0.116. The molecule has 4 rings (SSSR count). The van der Waals surface area contributed by atoms with E-state index in [1.165, 1.54) is 10.7 Å². The number of halogens is 2. The van der Waals surface area contributed by atoms with Crippen molar-refractivity contribution in [1.29, 1.82) is 0 Å². The van der Waals surface area contributed by atoms with Crippen LogP contribution < -0.4 is 5.32 Å². The van der Waals surface area contributed by atoms with Crippen LogP contribution in [0.1, 0.15) is 23.2 Å². The van der Waals surface area contributed by atoms with E-state index in [1.54, 1.807) is 37.1 Å². The molecule has 0 unspecified atom stereocenters. The molecular weight excluding hydrogens is 390 g/mol. The molecule has 0 saturated heterocycles. The van der Waals surface area contributed by atoms with Crippen LogP contribution in [0.25, 0.3) is 22.3 Å². The van der Waals surface area contributed by atoms with Gasteiger partial charge in [-0.1, -0.05) is 12.1 Å². The molecule has 0 aliphatic heterocycles. The van der Waals surface area contributed by atoms with Crippen LogP contribution in [0, 0.1) is 13.8 Å². The summed E-state index contributed by atoms with van der Waals surface area (Å²) in [7, 11) is 1.74. The number of anilines is 1. The van der Waals surface area contributed by atoms with Crippen molar-refractivity contribution >= 4 is 22.6 Å². The summed E-state index contributed by atoms with van der Waals surface area (Å²) in [6, 6.07) is 8.75. The van der Waals surface area contributed by atoms with Crippen molar-refractivity contribution in [1.82, 2.24) is 24.5 Å². The van der Waals surface area contributed by atoms with Gasteiger partial charge in [0.2, 0.25) is 5.91 Å². The van der Waals surface area contributed by atoms with Gasteiger partial charge in [-0.25, -0.2) is 18.4 Å². The highest BCUT2D eigenvalue weighted by atomic mass is 19.3. The van der Waals surface area contributed by atoms with Crippen molar-refractivity contribution in [2.24, 2.45) is 7.05 Å². The molecule has 0 aliphatic carbocycles. The first-order valence-corrected chi connectivity index (χ1v) is 9.33. The van der Waals surface area contributed by atoms with Gasteiger partial charge in [-0.15, -0.1) is 0 Å². The normalized spacial score (nSPS) is 11.4. The molecule has 154 valence electrons. The average molecular weight is 410 g/mol. The molecule has 0 radical (unpaired) electrons. The Labute approximate surface area is 171 Å². The van der Waals surface area contributed by atoms with Crippen molar-refractivity contribution in [2.45, 2.75) is 26.8 Å². The van der Waals surface area contributed by atoms with Crippen molar-refractivity contribution in [3.05, 3.63) is 59.5 Å². The molecule has 9 heteroatoms. The van der Waals surface area contributed by atoms with Crippen LogP contribution in [0.2, 0.25) is 0 Å². The van der Waals surface area contributed by atoms with Gasteiger partial charge in [0.05, 0.1) is 23.0 Å². The Hall–Kier alpha value is -3.62. The molecule has 30 heavy (non-hydrogen) atoms. The molecule has 4 aromatic rings. The predicted molar refractivity (Wildman–Crippen MR) is 109 cm³/mol. The molecule has 0 fully saturated rings. The van der Waals surface area contributed by atoms with E-state index in [9.17, 15) is 13.6 Å². The maximum Gasteiger partial charge on any atom is 0.264 e. The minimum absolute atomic E-state index is 0.148. The van der Waals surface area contributed by atoms with Gasteiger partial charge in [0.15, 0.2) is 5.65 Å². The van der Waals surface area contributed by atoms with Crippen molar-refractivity contribution in [3.63, 3.8) is 0 Å². The van der Waals surface area contributed by atoms with E-state index >= 15 is 0 Å². The second kappa shape index (κ2) is 7.66. The average Bonchev–Trinajstić information content (AvgIpc) is 3.24. The predicted octanol–water partition coefficient (Wildman–Crippen LogP) is 4.02. The Morgan fingerprint density at radius 3 is 2.70 bits per heavy atom. The summed E-state index contributed by atoms with van der Waals surface area (Å²) in [5.74, 6) is -0.322.